The van der Waals surface area contributed by atoms with Gasteiger partial charge in [-0.2, -0.15) is 0 Å². The zero-order valence-corrected chi connectivity index (χ0v) is 21.2. The highest BCUT2D eigenvalue weighted by Gasteiger charge is 2.28. The minimum Gasteiger partial charge on any atom is -0.487 e. The third-order valence-electron chi connectivity index (χ3n) is 5.10. The second-order valence-corrected chi connectivity index (χ2v) is 7.46. The highest BCUT2D eigenvalue weighted by Crippen LogP contribution is 2.19. The second kappa shape index (κ2) is 13.9. The lowest BCUT2D eigenvalue weighted by molar-refractivity contribution is -0.149. The van der Waals surface area contributed by atoms with Crippen LogP contribution in [0.2, 0.25) is 0 Å². The molecule has 3 rings (SSSR count). The average molecular weight is 552 g/mol. The van der Waals surface area contributed by atoms with E-state index in [9.17, 15) is 4.79 Å². The number of aliphatic imine (C=N–C) groups is 1. The topological polar surface area (TPSA) is 76.1 Å². The summed E-state index contributed by atoms with van der Waals surface area (Å²) < 4.78 is 11.1. The lowest BCUT2D eigenvalue weighted by Crippen LogP contribution is -2.48. The van der Waals surface area contributed by atoms with Crippen LogP contribution in [-0.4, -0.2) is 48.1 Å². The minimum absolute atomic E-state index is 0. The smallest absolute Gasteiger partial charge is 0.310 e. The van der Waals surface area contributed by atoms with Crippen molar-refractivity contribution in [1.82, 2.24) is 15.2 Å². The van der Waals surface area contributed by atoms with Crippen LogP contribution >= 0.6 is 24.0 Å². The highest BCUT2D eigenvalue weighted by molar-refractivity contribution is 14.0. The Labute approximate surface area is 207 Å². The summed E-state index contributed by atoms with van der Waals surface area (Å²) in [5.74, 6) is 1.42. The first-order valence-corrected chi connectivity index (χ1v) is 11.0. The first-order chi connectivity index (χ1) is 15.2. The largest absolute Gasteiger partial charge is 0.487 e. The fourth-order valence-corrected chi connectivity index (χ4v) is 3.59. The lowest BCUT2D eigenvalue weighted by atomic mass is 9.98. The molecule has 1 fully saturated rings. The Hall–Kier alpha value is -2.36. The molecule has 2 aromatic rings. The van der Waals surface area contributed by atoms with Crippen LogP contribution in [0.15, 0.2) is 53.7 Å². The van der Waals surface area contributed by atoms with Gasteiger partial charge in [-0.25, -0.2) is 4.99 Å². The summed E-state index contributed by atoms with van der Waals surface area (Å²) >= 11 is 0. The maximum atomic E-state index is 12.2. The van der Waals surface area contributed by atoms with E-state index in [4.69, 9.17) is 14.5 Å². The molecule has 1 aromatic heterocycles. The Kier molecular flexibility index (Phi) is 11.3. The number of nitrogens with one attached hydrogen (secondary N) is 1. The fraction of sp³-hybridized carbons (Fsp3) is 0.458. The summed E-state index contributed by atoms with van der Waals surface area (Å²) in [6.07, 6.45) is 3.58. The lowest BCUT2D eigenvalue weighted by Gasteiger charge is -2.34. The van der Waals surface area contributed by atoms with E-state index in [1.807, 2.05) is 56.3 Å². The maximum absolute atomic E-state index is 12.2. The van der Waals surface area contributed by atoms with Crippen LogP contribution in [0.3, 0.4) is 0 Å². The third-order valence-corrected chi connectivity index (χ3v) is 5.10. The van der Waals surface area contributed by atoms with Gasteiger partial charge in [0.2, 0.25) is 0 Å². The van der Waals surface area contributed by atoms with Gasteiger partial charge < -0.3 is 19.7 Å². The average Bonchev–Trinajstić information content (AvgIpc) is 2.81. The SMILES string of the molecule is CCNC(=NCc1cccc(OCc2ccccn2)c1)N1CCCC(C(=O)OCC)C1.I. The van der Waals surface area contributed by atoms with Crippen LogP contribution in [0.5, 0.6) is 5.75 Å². The Balaban J connectivity index is 0.00000363. The number of nitrogens with zero attached hydrogens (tertiary/aromatic N) is 3. The summed E-state index contributed by atoms with van der Waals surface area (Å²) in [5.41, 5.74) is 1.95. The van der Waals surface area contributed by atoms with Crippen molar-refractivity contribution in [2.75, 3.05) is 26.2 Å². The van der Waals surface area contributed by atoms with E-state index in [1.54, 1.807) is 6.20 Å². The molecular weight excluding hydrogens is 519 g/mol. The van der Waals surface area contributed by atoms with Gasteiger partial charge in [-0.05, 0) is 56.5 Å². The quantitative estimate of drug-likeness (QED) is 0.231. The molecule has 1 N–H and O–H groups in total. The molecule has 174 valence electrons. The first kappa shape index (κ1) is 25.9. The van der Waals surface area contributed by atoms with Crippen molar-refractivity contribution in [2.45, 2.75) is 39.8 Å². The summed E-state index contributed by atoms with van der Waals surface area (Å²) in [6.45, 7) is 7.57. The van der Waals surface area contributed by atoms with E-state index < -0.39 is 0 Å². The first-order valence-electron chi connectivity index (χ1n) is 11.0. The molecule has 1 unspecified atom stereocenters. The number of halogens is 1. The number of hydrogen-bond acceptors (Lipinski definition) is 5. The summed E-state index contributed by atoms with van der Waals surface area (Å²) in [7, 11) is 0. The number of ether oxygens (including phenoxy) is 2. The van der Waals surface area contributed by atoms with Gasteiger partial charge in [-0.3, -0.25) is 9.78 Å². The zero-order valence-electron chi connectivity index (χ0n) is 18.8. The number of carbonyl (C=O) groups is 1. The molecule has 0 saturated carbocycles. The predicted octanol–water partition coefficient (Wildman–Crippen LogP) is 4.02. The number of guanidine groups is 1. The van der Waals surface area contributed by atoms with Crippen LogP contribution in [0, 0.1) is 5.92 Å². The van der Waals surface area contributed by atoms with E-state index in [-0.39, 0.29) is 35.9 Å². The monoisotopic (exact) mass is 552 g/mol. The van der Waals surface area contributed by atoms with Gasteiger partial charge in [-0.1, -0.05) is 18.2 Å². The second-order valence-electron chi connectivity index (χ2n) is 7.46. The number of benzene rings is 1. The van der Waals surface area contributed by atoms with Gasteiger partial charge in [0, 0.05) is 25.8 Å². The Morgan fingerprint density at radius 2 is 2.12 bits per heavy atom. The van der Waals surface area contributed by atoms with Crippen molar-refractivity contribution in [3.63, 3.8) is 0 Å². The molecule has 8 heteroatoms. The standard InChI is InChI=1S/C24H32N4O3.HI/c1-3-25-24(28-14-8-10-20(17-28)23(29)30-4-2)27-16-19-9-7-12-22(15-19)31-18-21-11-5-6-13-26-21;/h5-7,9,11-13,15,20H,3-4,8,10,14,16-18H2,1-2H3,(H,25,27);1H. The van der Waals surface area contributed by atoms with Crippen molar-refractivity contribution >= 4 is 35.9 Å². The molecule has 2 heterocycles. The summed E-state index contributed by atoms with van der Waals surface area (Å²) in [4.78, 5) is 23.4. The van der Waals surface area contributed by atoms with Crippen LogP contribution in [-0.2, 0) is 22.7 Å². The number of carbonyl (C=O) groups excluding carboxylic acids is 1. The van der Waals surface area contributed by atoms with Crippen molar-refractivity contribution in [3.8, 4) is 5.75 Å². The molecule has 0 bridgehead atoms. The molecule has 0 aliphatic carbocycles. The Morgan fingerprint density at radius 1 is 1.25 bits per heavy atom. The van der Waals surface area contributed by atoms with Gasteiger partial charge >= 0.3 is 5.97 Å². The van der Waals surface area contributed by atoms with Crippen LogP contribution < -0.4 is 10.1 Å². The van der Waals surface area contributed by atoms with E-state index in [0.29, 0.717) is 26.3 Å². The number of pyridine rings is 1. The van der Waals surface area contributed by atoms with E-state index in [2.05, 4.69) is 15.2 Å². The number of rotatable bonds is 8. The summed E-state index contributed by atoms with van der Waals surface area (Å²) in [6, 6.07) is 13.7. The predicted molar refractivity (Wildman–Crippen MR) is 136 cm³/mol. The van der Waals surface area contributed by atoms with E-state index >= 15 is 0 Å². The zero-order chi connectivity index (χ0) is 21.9. The number of esters is 1. The van der Waals surface area contributed by atoms with Crippen molar-refractivity contribution in [2.24, 2.45) is 10.9 Å². The fourth-order valence-electron chi connectivity index (χ4n) is 3.59. The number of aromatic nitrogens is 1. The third kappa shape index (κ3) is 7.96. The number of piperidine rings is 1. The Bertz CT molecular complexity index is 863. The van der Waals surface area contributed by atoms with Crippen LogP contribution in [0.1, 0.15) is 37.9 Å². The molecule has 0 spiro atoms. The molecule has 32 heavy (non-hydrogen) atoms. The molecule has 1 aromatic carbocycles. The summed E-state index contributed by atoms with van der Waals surface area (Å²) in [5, 5.41) is 3.36. The highest BCUT2D eigenvalue weighted by atomic mass is 127. The normalized spacial score (nSPS) is 16.1. The van der Waals surface area contributed by atoms with Gasteiger partial charge in [-0.15, -0.1) is 24.0 Å². The van der Waals surface area contributed by atoms with Crippen LogP contribution in [0.4, 0.5) is 0 Å². The van der Waals surface area contributed by atoms with Crippen LogP contribution in [0.25, 0.3) is 0 Å². The molecular formula is C24H33IN4O3. The number of likely N-dealkylation sites (tertiary alicyclic amines) is 1. The molecule has 0 radical (unpaired) electrons. The molecule has 1 aliphatic heterocycles. The van der Waals surface area contributed by atoms with E-state index in [0.717, 1.165) is 48.9 Å². The molecule has 0 amide bonds. The van der Waals surface area contributed by atoms with Gasteiger partial charge in [0.05, 0.1) is 24.8 Å². The molecule has 1 atom stereocenters. The van der Waals surface area contributed by atoms with Crippen molar-refractivity contribution in [1.29, 1.82) is 0 Å². The maximum Gasteiger partial charge on any atom is 0.310 e. The van der Waals surface area contributed by atoms with Gasteiger partial charge in [0.15, 0.2) is 5.96 Å². The molecule has 1 saturated heterocycles. The number of hydrogen-bond donors (Lipinski definition) is 1. The van der Waals surface area contributed by atoms with Gasteiger partial charge in [0.1, 0.15) is 12.4 Å². The Morgan fingerprint density at radius 3 is 2.88 bits per heavy atom. The van der Waals surface area contributed by atoms with Crippen molar-refractivity contribution < 1.29 is 14.3 Å². The molecule has 7 nitrogen and oxygen atoms in total. The molecule has 1 aliphatic rings. The van der Waals surface area contributed by atoms with E-state index in [1.165, 1.54) is 0 Å². The minimum atomic E-state index is -0.110. The van der Waals surface area contributed by atoms with Gasteiger partial charge in [0.25, 0.3) is 0 Å². The van der Waals surface area contributed by atoms with Crippen molar-refractivity contribution in [3.05, 3.63) is 59.9 Å².